The molecule has 1 N–H and O–H groups in total. The van der Waals surface area contributed by atoms with Crippen molar-refractivity contribution in [1.29, 1.82) is 0 Å². The molecule has 0 amide bonds. The molecule has 1 aromatic carbocycles. The maximum atomic E-state index is 14.7. The van der Waals surface area contributed by atoms with Crippen LogP contribution in [0.2, 0.25) is 0 Å². The summed E-state index contributed by atoms with van der Waals surface area (Å²) in [6.07, 6.45) is 3.09. The number of nitrogens with one attached hydrogen (secondary N) is 1. The highest BCUT2D eigenvalue weighted by Crippen LogP contribution is 2.39. The van der Waals surface area contributed by atoms with Gasteiger partial charge < -0.3 is 10.1 Å². The van der Waals surface area contributed by atoms with Crippen molar-refractivity contribution in [3.63, 3.8) is 0 Å². The zero-order chi connectivity index (χ0) is 14.6. The van der Waals surface area contributed by atoms with E-state index in [0.29, 0.717) is 29.1 Å². The molecular formula is C16H16BrFN2O. The largest absolute Gasteiger partial charge is 0.381 e. The lowest BCUT2D eigenvalue weighted by Gasteiger charge is -2.23. The van der Waals surface area contributed by atoms with Crippen LogP contribution in [0, 0.1) is 12.7 Å². The van der Waals surface area contributed by atoms with E-state index in [0.717, 1.165) is 47.3 Å². The van der Waals surface area contributed by atoms with Crippen molar-refractivity contribution in [2.24, 2.45) is 0 Å². The van der Waals surface area contributed by atoms with Crippen LogP contribution >= 0.6 is 15.9 Å². The topological polar surface area (TPSA) is 34.2 Å². The number of rotatable bonds is 2. The molecule has 1 aliphatic carbocycles. The van der Waals surface area contributed by atoms with Crippen molar-refractivity contribution >= 4 is 32.5 Å². The molecule has 110 valence electrons. The quantitative estimate of drug-likeness (QED) is 0.885. The number of aryl methyl sites for hydroxylation is 1. The Balaban J connectivity index is 2.06. The first-order valence-corrected chi connectivity index (χ1v) is 8.09. The van der Waals surface area contributed by atoms with Gasteiger partial charge in [-0.05, 0) is 47.3 Å². The first-order valence-electron chi connectivity index (χ1n) is 7.29. The third kappa shape index (κ3) is 2.23. The van der Waals surface area contributed by atoms with Gasteiger partial charge in [-0.15, -0.1) is 0 Å². The van der Waals surface area contributed by atoms with E-state index in [1.165, 1.54) is 0 Å². The molecule has 2 aliphatic rings. The van der Waals surface area contributed by atoms with Crippen molar-refractivity contribution in [3.05, 3.63) is 33.2 Å². The van der Waals surface area contributed by atoms with Crippen LogP contribution in [0.3, 0.4) is 0 Å². The molecule has 1 aliphatic heterocycles. The molecule has 2 aromatic rings. The van der Waals surface area contributed by atoms with Gasteiger partial charge in [-0.2, -0.15) is 0 Å². The van der Waals surface area contributed by atoms with Crippen LogP contribution in [0.5, 0.6) is 0 Å². The van der Waals surface area contributed by atoms with Gasteiger partial charge in [0.15, 0.2) is 0 Å². The van der Waals surface area contributed by atoms with E-state index in [4.69, 9.17) is 9.72 Å². The van der Waals surface area contributed by atoms with E-state index in [1.54, 1.807) is 6.07 Å². The molecular weight excluding hydrogens is 335 g/mol. The molecule has 3 nitrogen and oxygen atoms in total. The van der Waals surface area contributed by atoms with Gasteiger partial charge in [0.2, 0.25) is 0 Å². The predicted octanol–water partition coefficient (Wildman–Crippen LogP) is 4.09. The highest BCUT2D eigenvalue weighted by Gasteiger charge is 2.28. The lowest BCUT2D eigenvalue weighted by atomic mass is 10.0. The molecule has 4 rings (SSSR count). The Kier molecular flexibility index (Phi) is 3.15. The first kappa shape index (κ1) is 13.5. The Morgan fingerprint density at radius 2 is 2.24 bits per heavy atom. The number of hydrogen-bond donors (Lipinski definition) is 1. The van der Waals surface area contributed by atoms with Crippen LogP contribution in [0.15, 0.2) is 10.5 Å². The summed E-state index contributed by atoms with van der Waals surface area (Å²) in [6, 6.07) is 2.26. The number of hydrogen-bond acceptors (Lipinski definition) is 3. The fourth-order valence-electron chi connectivity index (χ4n) is 2.91. The number of ether oxygens (including phenoxy) is 1. The van der Waals surface area contributed by atoms with Crippen LogP contribution < -0.4 is 5.32 Å². The zero-order valence-corrected chi connectivity index (χ0v) is 13.4. The van der Waals surface area contributed by atoms with E-state index >= 15 is 0 Å². The Labute approximate surface area is 131 Å². The summed E-state index contributed by atoms with van der Waals surface area (Å²) in [7, 11) is 0. The van der Waals surface area contributed by atoms with Gasteiger partial charge in [-0.1, -0.05) is 0 Å². The molecule has 1 aromatic heterocycles. The number of benzene rings is 1. The summed E-state index contributed by atoms with van der Waals surface area (Å²) in [5.41, 5.74) is 4.71. The summed E-state index contributed by atoms with van der Waals surface area (Å²) in [5, 5.41) is 4.10. The maximum absolute atomic E-state index is 14.7. The molecule has 0 bridgehead atoms. The first-order chi connectivity index (χ1) is 10.1. The zero-order valence-electron chi connectivity index (χ0n) is 11.8. The number of aromatic nitrogens is 1. The number of fused-ring (bicyclic) bond motifs is 2. The average Bonchev–Trinajstić information content (AvgIpc) is 3.28. The summed E-state index contributed by atoms with van der Waals surface area (Å²) in [5.74, 6) is -0.236. The van der Waals surface area contributed by atoms with Gasteiger partial charge in [0.1, 0.15) is 5.82 Å². The number of anilines is 1. The van der Waals surface area contributed by atoms with E-state index in [1.807, 2.05) is 6.92 Å². The smallest absolute Gasteiger partial charge is 0.148 e. The van der Waals surface area contributed by atoms with Crippen LogP contribution in [-0.2, 0) is 17.8 Å². The van der Waals surface area contributed by atoms with Crippen molar-refractivity contribution in [3.8, 4) is 0 Å². The second kappa shape index (κ2) is 4.92. The molecule has 0 radical (unpaired) electrons. The van der Waals surface area contributed by atoms with Crippen LogP contribution in [0.1, 0.15) is 29.7 Å². The van der Waals surface area contributed by atoms with Crippen LogP contribution in [-0.4, -0.2) is 17.6 Å². The average molecular weight is 351 g/mol. The minimum absolute atomic E-state index is 0.236. The number of nitrogens with zero attached hydrogens (tertiary/aromatic N) is 1. The molecule has 2 heterocycles. The molecule has 21 heavy (non-hydrogen) atoms. The Morgan fingerprint density at radius 3 is 3.00 bits per heavy atom. The van der Waals surface area contributed by atoms with E-state index in [9.17, 15) is 4.39 Å². The van der Waals surface area contributed by atoms with Crippen LogP contribution in [0.25, 0.3) is 10.9 Å². The number of pyridine rings is 1. The van der Waals surface area contributed by atoms with E-state index in [2.05, 4.69) is 21.2 Å². The molecule has 0 spiro atoms. The monoisotopic (exact) mass is 350 g/mol. The minimum Gasteiger partial charge on any atom is -0.381 e. The third-order valence-electron chi connectivity index (χ3n) is 4.19. The molecule has 0 saturated heterocycles. The van der Waals surface area contributed by atoms with Gasteiger partial charge in [0.05, 0.1) is 40.0 Å². The van der Waals surface area contributed by atoms with Crippen molar-refractivity contribution in [1.82, 2.24) is 4.98 Å². The van der Waals surface area contributed by atoms with Crippen LogP contribution in [0.4, 0.5) is 10.1 Å². The van der Waals surface area contributed by atoms with Gasteiger partial charge in [0, 0.05) is 18.0 Å². The maximum Gasteiger partial charge on any atom is 0.148 e. The summed E-state index contributed by atoms with van der Waals surface area (Å²) >= 11 is 3.32. The summed E-state index contributed by atoms with van der Waals surface area (Å²) in [6.45, 7) is 3.18. The lowest BCUT2D eigenvalue weighted by Crippen LogP contribution is -2.17. The molecule has 0 atom stereocenters. The molecule has 5 heteroatoms. The highest BCUT2D eigenvalue weighted by molar-refractivity contribution is 9.10. The SMILES string of the molecule is Cc1cc(Br)c(F)c2c(NC3CC3)c3c(nc12)CCOC3. The fraction of sp³-hybridized carbons (Fsp3) is 0.438. The van der Waals surface area contributed by atoms with Gasteiger partial charge in [-0.3, -0.25) is 4.98 Å². The van der Waals surface area contributed by atoms with Gasteiger partial charge in [-0.25, -0.2) is 4.39 Å². The van der Waals surface area contributed by atoms with E-state index in [-0.39, 0.29) is 5.82 Å². The fourth-order valence-corrected chi connectivity index (χ4v) is 3.45. The minimum atomic E-state index is -0.236. The van der Waals surface area contributed by atoms with Gasteiger partial charge in [0.25, 0.3) is 0 Å². The summed E-state index contributed by atoms with van der Waals surface area (Å²) < 4.78 is 20.8. The Morgan fingerprint density at radius 1 is 1.43 bits per heavy atom. The molecule has 0 unspecified atom stereocenters. The second-order valence-corrected chi connectivity index (χ2v) is 6.70. The second-order valence-electron chi connectivity index (χ2n) is 5.85. The third-order valence-corrected chi connectivity index (χ3v) is 4.76. The lowest BCUT2D eigenvalue weighted by molar-refractivity contribution is 0.110. The van der Waals surface area contributed by atoms with E-state index < -0.39 is 0 Å². The predicted molar refractivity (Wildman–Crippen MR) is 84.1 cm³/mol. The highest BCUT2D eigenvalue weighted by atomic mass is 79.9. The molecule has 1 fully saturated rings. The van der Waals surface area contributed by atoms with Crippen molar-refractivity contribution in [2.75, 3.05) is 11.9 Å². The molecule has 1 saturated carbocycles. The Bertz CT molecular complexity index is 743. The summed E-state index contributed by atoms with van der Waals surface area (Å²) in [4.78, 5) is 4.72. The number of halogens is 2. The normalized spacial score (nSPS) is 17.9. The van der Waals surface area contributed by atoms with Crippen molar-refractivity contribution in [2.45, 2.75) is 38.8 Å². The van der Waals surface area contributed by atoms with Crippen molar-refractivity contribution < 1.29 is 9.13 Å². The Hall–Kier alpha value is -1.20. The van der Waals surface area contributed by atoms with Gasteiger partial charge >= 0.3 is 0 Å². The standard InChI is InChI=1S/C16H16BrFN2O/c1-8-6-11(17)14(18)13-15(8)20-12-4-5-21-7-10(12)16(13)19-9-2-3-9/h6,9H,2-5,7H2,1H3,(H,19,20).